The Morgan fingerprint density at radius 1 is 1.80 bits per heavy atom. The van der Waals surface area contributed by atoms with Crippen LogP contribution in [0.3, 0.4) is 0 Å². The molecule has 0 aliphatic heterocycles. The van der Waals surface area contributed by atoms with Gasteiger partial charge in [-0.2, -0.15) is 0 Å². The molecule has 0 saturated heterocycles. The smallest absolute Gasteiger partial charge is 0.256 e. The highest BCUT2D eigenvalue weighted by molar-refractivity contribution is 6.32. The zero-order valence-corrected chi connectivity index (χ0v) is 8.95. The molecule has 84 valence electrons. The molecule has 1 atom stereocenters. The van der Waals surface area contributed by atoms with Crippen molar-refractivity contribution in [1.29, 1.82) is 0 Å². The number of furan rings is 1. The first kappa shape index (κ1) is 12.0. The molecule has 1 aromatic heterocycles. The van der Waals surface area contributed by atoms with Gasteiger partial charge in [-0.3, -0.25) is 4.79 Å². The lowest BCUT2D eigenvalue weighted by molar-refractivity contribution is 0.0609. The fourth-order valence-corrected chi connectivity index (χ4v) is 1.21. The maximum absolute atomic E-state index is 11.4. The molecule has 1 aromatic rings. The average molecular weight is 234 g/mol. The molecule has 0 radical (unpaired) electrons. The van der Waals surface area contributed by atoms with Crippen molar-refractivity contribution in [2.45, 2.75) is 6.10 Å². The fraction of sp³-hybridized carbons (Fsp3) is 0.444. The molecule has 6 heteroatoms. The number of hydrogen-bond acceptors (Lipinski definition) is 4. The minimum atomic E-state index is -0.732. The van der Waals surface area contributed by atoms with E-state index in [1.165, 1.54) is 19.4 Å². The Bertz CT molecular complexity index is 326. The van der Waals surface area contributed by atoms with Crippen molar-refractivity contribution in [1.82, 2.24) is 5.32 Å². The lowest BCUT2D eigenvalue weighted by Crippen LogP contribution is -2.34. The van der Waals surface area contributed by atoms with Crippen LogP contribution in [0.4, 0.5) is 0 Å². The zero-order chi connectivity index (χ0) is 11.3. The van der Waals surface area contributed by atoms with E-state index in [4.69, 9.17) is 20.8 Å². The minimum absolute atomic E-state index is 0.0359. The predicted molar refractivity (Wildman–Crippen MR) is 53.9 cm³/mol. The van der Waals surface area contributed by atoms with E-state index in [-0.39, 0.29) is 29.8 Å². The van der Waals surface area contributed by atoms with Crippen LogP contribution in [0.2, 0.25) is 5.22 Å². The lowest BCUT2D eigenvalue weighted by atomic mass is 10.3. The zero-order valence-electron chi connectivity index (χ0n) is 8.20. The van der Waals surface area contributed by atoms with Crippen molar-refractivity contribution in [2.75, 3.05) is 20.3 Å². The van der Waals surface area contributed by atoms with Gasteiger partial charge in [-0.15, -0.1) is 0 Å². The van der Waals surface area contributed by atoms with Gasteiger partial charge in [0.2, 0.25) is 5.22 Å². The highest BCUT2D eigenvalue weighted by atomic mass is 35.5. The SMILES string of the molecule is COCC(O)CNC(=O)c1ccoc1Cl. The first-order valence-corrected chi connectivity index (χ1v) is 4.71. The summed E-state index contributed by atoms with van der Waals surface area (Å²) in [5, 5.41) is 11.8. The van der Waals surface area contributed by atoms with E-state index in [0.717, 1.165) is 0 Å². The molecule has 0 aromatic carbocycles. The largest absolute Gasteiger partial charge is 0.452 e. The molecule has 1 unspecified atom stereocenters. The molecule has 0 bridgehead atoms. The molecule has 0 saturated carbocycles. The highest BCUT2D eigenvalue weighted by Crippen LogP contribution is 2.15. The van der Waals surface area contributed by atoms with Gasteiger partial charge in [0.05, 0.1) is 24.5 Å². The van der Waals surface area contributed by atoms with E-state index in [1.54, 1.807) is 0 Å². The number of carbonyl (C=O) groups is 1. The van der Waals surface area contributed by atoms with E-state index in [1.807, 2.05) is 0 Å². The molecule has 0 spiro atoms. The summed E-state index contributed by atoms with van der Waals surface area (Å²) in [5.74, 6) is -0.385. The van der Waals surface area contributed by atoms with Crippen LogP contribution in [-0.2, 0) is 4.74 Å². The number of amides is 1. The highest BCUT2D eigenvalue weighted by Gasteiger charge is 2.13. The Morgan fingerprint density at radius 3 is 3.07 bits per heavy atom. The lowest BCUT2D eigenvalue weighted by Gasteiger charge is -2.09. The summed E-state index contributed by atoms with van der Waals surface area (Å²) in [7, 11) is 1.47. The molecule has 2 N–H and O–H groups in total. The molecule has 0 fully saturated rings. The van der Waals surface area contributed by atoms with Crippen LogP contribution in [0.1, 0.15) is 10.4 Å². The Balaban J connectivity index is 2.40. The van der Waals surface area contributed by atoms with Crippen LogP contribution in [0.5, 0.6) is 0 Å². The third-order valence-corrected chi connectivity index (χ3v) is 2.01. The summed E-state index contributed by atoms with van der Waals surface area (Å²) in [6.45, 7) is 0.271. The van der Waals surface area contributed by atoms with Crippen molar-refractivity contribution < 1.29 is 19.1 Å². The molecular weight excluding hydrogens is 222 g/mol. The van der Waals surface area contributed by atoms with Gasteiger partial charge < -0.3 is 19.6 Å². The predicted octanol–water partition coefficient (Wildman–Crippen LogP) is 0.670. The first-order chi connectivity index (χ1) is 7.15. The molecule has 1 amide bonds. The molecule has 1 rings (SSSR count). The van der Waals surface area contributed by atoms with E-state index < -0.39 is 6.10 Å². The van der Waals surface area contributed by atoms with Crippen LogP contribution in [0.25, 0.3) is 0 Å². The number of ether oxygens (including phenoxy) is 1. The summed E-state index contributed by atoms with van der Waals surface area (Å²) in [6.07, 6.45) is 0.590. The van der Waals surface area contributed by atoms with Crippen molar-refractivity contribution in [3.05, 3.63) is 23.1 Å². The number of aliphatic hydroxyl groups excluding tert-OH is 1. The number of aliphatic hydroxyl groups is 1. The van der Waals surface area contributed by atoms with Crippen molar-refractivity contribution in [3.8, 4) is 0 Å². The van der Waals surface area contributed by atoms with Gasteiger partial charge in [0.25, 0.3) is 5.91 Å². The summed E-state index contributed by atoms with van der Waals surface area (Å²) in [4.78, 5) is 11.4. The van der Waals surface area contributed by atoms with Crippen molar-refractivity contribution >= 4 is 17.5 Å². The fourth-order valence-electron chi connectivity index (χ4n) is 1.01. The van der Waals surface area contributed by atoms with E-state index in [0.29, 0.717) is 0 Å². The number of halogens is 1. The van der Waals surface area contributed by atoms with Crippen LogP contribution in [0, 0.1) is 0 Å². The molecule has 15 heavy (non-hydrogen) atoms. The van der Waals surface area contributed by atoms with E-state index in [2.05, 4.69) is 5.32 Å². The Kier molecular flexibility index (Phi) is 4.61. The second kappa shape index (κ2) is 5.75. The van der Waals surface area contributed by atoms with Gasteiger partial charge in [-0.1, -0.05) is 0 Å². The number of rotatable bonds is 5. The van der Waals surface area contributed by atoms with Crippen molar-refractivity contribution in [3.63, 3.8) is 0 Å². The molecule has 1 heterocycles. The van der Waals surface area contributed by atoms with Gasteiger partial charge in [0.1, 0.15) is 0 Å². The van der Waals surface area contributed by atoms with E-state index in [9.17, 15) is 9.90 Å². The number of methoxy groups -OCH3 is 1. The summed E-state index contributed by atoms with van der Waals surface area (Å²) >= 11 is 5.60. The first-order valence-electron chi connectivity index (χ1n) is 4.33. The second-order valence-corrected chi connectivity index (χ2v) is 3.27. The number of nitrogens with one attached hydrogen (secondary N) is 1. The molecule has 0 aliphatic carbocycles. The molecule has 0 aliphatic rings. The minimum Gasteiger partial charge on any atom is -0.452 e. The van der Waals surface area contributed by atoms with Crippen LogP contribution >= 0.6 is 11.6 Å². The maximum atomic E-state index is 11.4. The summed E-state index contributed by atoms with van der Waals surface area (Å²) in [5.41, 5.74) is 0.251. The van der Waals surface area contributed by atoms with Crippen LogP contribution in [0.15, 0.2) is 16.7 Å². The third-order valence-electron chi connectivity index (χ3n) is 1.72. The molecular formula is C9H12ClNO4. The number of carbonyl (C=O) groups excluding carboxylic acids is 1. The summed E-state index contributed by atoms with van der Waals surface area (Å²) in [6, 6.07) is 1.46. The number of hydrogen-bond donors (Lipinski definition) is 2. The van der Waals surface area contributed by atoms with Crippen molar-refractivity contribution in [2.24, 2.45) is 0 Å². The maximum Gasteiger partial charge on any atom is 0.256 e. The van der Waals surface area contributed by atoms with Gasteiger partial charge in [-0.25, -0.2) is 0 Å². The molecule has 5 nitrogen and oxygen atoms in total. The normalized spacial score (nSPS) is 12.5. The Morgan fingerprint density at radius 2 is 2.53 bits per heavy atom. The Labute approximate surface area is 92.0 Å². The van der Waals surface area contributed by atoms with Crippen LogP contribution < -0.4 is 5.32 Å². The summed E-state index contributed by atoms with van der Waals surface area (Å²) < 4.78 is 9.46. The quantitative estimate of drug-likeness (QED) is 0.784. The van der Waals surface area contributed by atoms with Crippen LogP contribution in [-0.4, -0.2) is 37.4 Å². The van der Waals surface area contributed by atoms with Gasteiger partial charge in [0.15, 0.2) is 0 Å². The van der Waals surface area contributed by atoms with Gasteiger partial charge in [-0.05, 0) is 17.7 Å². The third kappa shape index (κ3) is 3.54. The van der Waals surface area contributed by atoms with Gasteiger partial charge >= 0.3 is 0 Å². The van der Waals surface area contributed by atoms with E-state index >= 15 is 0 Å². The topological polar surface area (TPSA) is 71.7 Å². The standard InChI is InChI=1S/C9H12ClNO4/c1-14-5-6(12)4-11-9(13)7-2-3-15-8(7)10/h2-3,6,12H,4-5H2,1H3,(H,11,13). The monoisotopic (exact) mass is 233 g/mol. The Hall–Kier alpha value is -1.04. The average Bonchev–Trinajstić information content (AvgIpc) is 2.61. The van der Waals surface area contributed by atoms with Gasteiger partial charge in [0, 0.05) is 13.7 Å². The second-order valence-electron chi connectivity index (χ2n) is 2.93.